The summed E-state index contributed by atoms with van der Waals surface area (Å²) in [5, 5.41) is 14.5. The van der Waals surface area contributed by atoms with Crippen LogP contribution in [0.15, 0.2) is 0 Å². The third-order valence-electron chi connectivity index (χ3n) is 3.95. The van der Waals surface area contributed by atoms with Crippen molar-refractivity contribution in [1.29, 1.82) is 0 Å². The molecule has 5 nitrogen and oxygen atoms in total. The van der Waals surface area contributed by atoms with Gasteiger partial charge < -0.3 is 15.7 Å². The van der Waals surface area contributed by atoms with Gasteiger partial charge in [-0.2, -0.15) is 0 Å². The van der Waals surface area contributed by atoms with Crippen LogP contribution >= 0.6 is 0 Å². The maximum Gasteiger partial charge on any atom is 0.326 e. The molecule has 0 aliphatic heterocycles. The Hall–Kier alpha value is -1.26. The largest absolute Gasteiger partial charge is 0.480 e. The first-order valence-electron chi connectivity index (χ1n) is 8.00. The minimum absolute atomic E-state index is 0.0294. The first-order chi connectivity index (χ1) is 9.73. The van der Waals surface area contributed by atoms with Crippen molar-refractivity contribution in [3.8, 4) is 0 Å². The molecule has 0 unspecified atom stereocenters. The highest BCUT2D eigenvalue weighted by molar-refractivity contribution is 5.82. The molecule has 124 valence electrons. The van der Waals surface area contributed by atoms with Crippen molar-refractivity contribution in [3.05, 3.63) is 0 Å². The van der Waals surface area contributed by atoms with Crippen LogP contribution in [0.1, 0.15) is 66.7 Å². The number of rotatable bonds is 10. The number of carboxylic acid groups (broad SMARTS) is 1. The number of aliphatic carboxylic acids is 1. The van der Waals surface area contributed by atoms with E-state index in [-0.39, 0.29) is 11.3 Å². The molecule has 0 rings (SSSR count). The van der Waals surface area contributed by atoms with E-state index in [4.69, 9.17) is 5.11 Å². The molecule has 2 amide bonds. The average Bonchev–Trinajstić information content (AvgIpc) is 2.41. The van der Waals surface area contributed by atoms with E-state index in [0.717, 1.165) is 12.8 Å². The molecule has 2 atom stereocenters. The highest BCUT2D eigenvalue weighted by Gasteiger charge is 2.26. The van der Waals surface area contributed by atoms with Crippen molar-refractivity contribution in [1.82, 2.24) is 10.6 Å². The summed E-state index contributed by atoms with van der Waals surface area (Å²) in [5.41, 5.74) is 0.0294. The maximum atomic E-state index is 11.9. The zero-order valence-corrected chi connectivity index (χ0v) is 14.2. The molecule has 0 aliphatic carbocycles. The molecule has 0 spiro atoms. The van der Waals surface area contributed by atoms with Crippen molar-refractivity contribution >= 4 is 12.0 Å². The number of carbonyl (C=O) groups is 2. The van der Waals surface area contributed by atoms with Crippen molar-refractivity contribution in [3.63, 3.8) is 0 Å². The third kappa shape index (κ3) is 8.58. The fourth-order valence-electron chi connectivity index (χ4n) is 2.14. The molecule has 0 bridgehead atoms. The quantitative estimate of drug-likeness (QED) is 0.541. The van der Waals surface area contributed by atoms with Gasteiger partial charge in [0.05, 0.1) is 0 Å². The fraction of sp³-hybridized carbons (Fsp3) is 0.875. The summed E-state index contributed by atoms with van der Waals surface area (Å²) < 4.78 is 0. The van der Waals surface area contributed by atoms with Gasteiger partial charge in [0.25, 0.3) is 0 Å². The van der Waals surface area contributed by atoms with Crippen LogP contribution in [-0.2, 0) is 4.79 Å². The van der Waals surface area contributed by atoms with E-state index in [9.17, 15) is 9.59 Å². The molecule has 21 heavy (non-hydrogen) atoms. The molecule has 0 saturated carbocycles. The molecule has 3 N–H and O–H groups in total. The standard InChI is InChI=1S/C16H32N2O3/c1-6-8-9-10-16(4,5)11-17-15(21)18-13(14(19)20)12(3)7-2/h12-13H,6-11H2,1-5H3,(H,19,20)(H2,17,18,21)/t12-,13-/m0/s1. The molecule has 5 heteroatoms. The van der Waals surface area contributed by atoms with Crippen LogP contribution in [0.5, 0.6) is 0 Å². The molecule has 0 aromatic heterocycles. The summed E-state index contributed by atoms with van der Waals surface area (Å²) in [6, 6.07) is -1.23. The number of amides is 2. The molecular weight excluding hydrogens is 268 g/mol. The van der Waals surface area contributed by atoms with Gasteiger partial charge in [-0.15, -0.1) is 0 Å². The Morgan fingerprint density at radius 1 is 1.19 bits per heavy atom. The Morgan fingerprint density at radius 3 is 2.29 bits per heavy atom. The topological polar surface area (TPSA) is 78.4 Å². The monoisotopic (exact) mass is 300 g/mol. The Morgan fingerprint density at radius 2 is 1.81 bits per heavy atom. The lowest BCUT2D eigenvalue weighted by molar-refractivity contribution is -0.140. The van der Waals surface area contributed by atoms with Crippen molar-refractivity contribution < 1.29 is 14.7 Å². The third-order valence-corrected chi connectivity index (χ3v) is 3.95. The van der Waals surface area contributed by atoms with Gasteiger partial charge in [-0.05, 0) is 17.8 Å². The van der Waals surface area contributed by atoms with Crippen LogP contribution in [0.4, 0.5) is 4.79 Å². The number of carbonyl (C=O) groups excluding carboxylic acids is 1. The van der Waals surface area contributed by atoms with Gasteiger partial charge in [0.1, 0.15) is 6.04 Å². The van der Waals surface area contributed by atoms with E-state index < -0.39 is 18.0 Å². The normalized spacial score (nSPS) is 14.3. The van der Waals surface area contributed by atoms with Crippen LogP contribution in [0, 0.1) is 11.3 Å². The molecule has 0 aromatic carbocycles. The summed E-state index contributed by atoms with van der Waals surface area (Å²) in [6.07, 6.45) is 5.29. The zero-order chi connectivity index (χ0) is 16.5. The van der Waals surface area contributed by atoms with E-state index >= 15 is 0 Å². The minimum atomic E-state index is -0.985. The molecule has 0 aliphatic rings. The molecular formula is C16H32N2O3. The number of hydrogen-bond acceptors (Lipinski definition) is 2. The maximum absolute atomic E-state index is 11.9. The van der Waals surface area contributed by atoms with Gasteiger partial charge in [0.2, 0.25) is 0 Å². The van der Waals surface area contributed by atoms with Gasteiger partial charge in [-0.1, -0.05) is 60.3 Å². The summed E-state index contributed by atoms with van der Waals surface area (Å²) in [4.78, 5) is 23.0. The van der Waals surface area contributed by atoms with Crippen LogP contribution in [0.25, 0.3) is 0 Å². The highest BCUT2D eigenvalue weighted by Crippen LogP contribution is 2.22. The van der Waals surface area contributed by atoms with Crippen LogP contribution in [0.2, 0.25) is 0 Å². The van der Waals surface area contributed by atoms with Crippen molar-refractivity contribution in [2.75, 3.05) is 6.54 Å². The smallest absolute Gasteiger partial charge is 0.326 e. The SMILES string of the molecule is CCCCCC(C)(C)CNC(=O)N[C@H](C(=O)O)[C@@H](C)CC. The molecule has 0 heterocycles. The van der Waals surface area contributed by atoms with Gasteiger partial charge in [-0.3, -0.25) is 0 Å². The molecule has 0 fully saturated rings. The zero-order valence-electron chi connectivity index (χ0n) is 14.2. The summed E-state index contributed by atoms with van der Waals surface area (Å²) in [5.74, 6) is -1.08. The number of hydrogen-bond donors (Lipinski definition) is 3. The number of carboxylic acids is 1. The first-order valence-corrected chi connectivity index (χ1v) is 8.00. The first kappa shape index (κ1) is 19.7. The van der Waals surface area contributed by atoms with Gasteiger partial charge in [0, 0.05) is 6.54 Å². The Balaban J connectivity index is 4.26. The molecule has 0 saturated heterocycles. The van der Waals surface area contributed by atoms with Crippen molar-refractivity contribution in [2.45, 2.75) is 72.8 Å². The Labute approximate surface area is 128 Å². The number of nitrogens with one attached hydrogen (secondary N) is 2. The summed E-state index contributed by atoms with van der Waals surface area (Å²) in [7, 11) is 0. The van der Waals surface area contributed by atoms with Gasteiger partial charge in [-0.25, -0.2) is 9.59 Å². The predicted octanol–water partition coefficient (Wildman–Crippen LogP) is 3.39. The van der Waals surface area contributed by atoms with Crippen LogP contribution < -0.4 is 10.6 Å². The average molecular weight is 300 g/mol. The van der Waals surface area contributed by atoms with E-state index in [1.807, 2.05) is 13.8 Å². The number of urea groups is 1. The van der Waals surface area contributed by atoms with E-state index in [1.165, 1.54) is 12.8 Å². The second kappa shape index (κ2) is 9.64. The summed E-state index contributed by atoms with van der Waals surface area (Å²) >= 11 is 0. The summed E-state index contributed by atoms with van der Waals surface area (Å²) in [6.45, 7) is 10.7. The van der Waals surface area contributed by atoms with Crippen LogP contribution in [0.3, 0.4) is 0 Å². The van der Waals surface area contributed by atoms with Crippen molar-refractivity contribution in [2.24, 2.45) is 11.3 Å². The second-order valence-corrected chi connectivity index (χ2v) is 6.65. The molecule has 0 aromatic rings. The predicted molar refractivity (Wildman–Crippen MR) is 85.3 cm³/mol. The second-order valence-electron chi connectivity index (χ2n) is 6.65. The lowest BCUT2D eigenvalue weighted by atomic mass is 9.87. The molecule has 0 radical (unpaired) electrons. The number of unbranched alkanes of at least 4 members (excludes halogenated alkanes) is 2. The lowest BCUT2D eigenvalue weighted by Crippen LogP contribution is -2.50. The van der Waals surface area contributed by atoms with E-state index in [0.29, 0.717) is 13.0 Å². The van der Waals surface area contributed by atoms with Crippen LogP contribution in [-0.4, -0.2) is 29.7 Å². The Kier molecular flexibility index (Phi) is 9.06. The minimum Gasteiger partial charge on any atom is -0.480 e. The lowest BCUT2D eigenvalue weighted by Gasteiger charge is -2.26. The highest BCUT2D eigenvalue weighted by atomic mass is 16.4. The van der Waals surface area contributed by atoms with E-state index in [2.05, 4.69) is 31.4 Å². The fourth-order valence-corrected chi connectivity index (χ4v) is 2.14. The van der Waals surface area contributed by atoms with Gasteiger partial charge in [0.15, 0.2) is 0 Å². The van der Waals surface area contributed by atoms with Gasteiger partial charge >= 0.3 is 12.0 Å². The van der Waals surface area contributed by atoms with E-state index in [1.54, 1.807) is 0 Å². The Bertz CT molecular complexity index is 329.